The molecule has 1 aliphatic rings. The van der Waals surface area contributed by atoms with E-state index in [1.165, 1.54) is 19.3 Å². The molecule has 0 radical (unpaired) electrons. The number of aryl methyl sites for hydroxylation is 1. The van der Waals surface area contributed by atoms with Crippen molar-refractivity contribution in [1.82, 2.24) is 0 Å². The third-order valence-corrected chi connectivity index (χ3v) is 2.67. The summed E-state index contributed by atoms with van der Waals surface area (Å²) in [5, 5.41) is 0. The lowest BCUT2D eigenvalue weighted by Crippen LogP contribution is -2.21. The van der Waals surface area contributed by atoms with Gasteiger partial charge in [0.25, 0.3) is 0 Å². The number of rotatable bonds is 5. The molecule has 1 unspecified atom stereocenters. The Morgan fingerprint density at radius 3 is 3.00 bits per heavy atom. The van der Waals surface area contributed by atoms with E-state index < -0.39 is 0 Å². The Morgan fingerprint density at radius 1 is 1.54 bits per heavy atom. The first-order valence-electron chi connectivity index (χ1n) is 5.12. The average Bonchev–Trinajstić information content (AvgIpc) is 2.78. The van der Waals surface area contributed by atoms with Crippen LogP contribution in [-0.4, -0.2) is 6.04 Å². The van der Waals surface area contributed by atoms with E-state index in [9.17, 15) is 0 Å². The second-order valence-electron chi connectivity index (χ2n) is 4.06. The predicted octanol–water partition coefficient (Wildman–Crippen LogP) is 2.34. The second kappa shape index (κ2) is 3.97. The van der Waals surface area contributed by atoms with E-state index in [0.717, 1.165) is 24.5 Å². The molecule has 0 saturated heterocycles. The first-order valence-corrected chi connectivity index (χ1v) is 5.12. The molecule has 1 aliphatic carbocycles. The Labute approximate surface area is 79.1 Å². The maximum Gasteiger partial charge on any atom is 0.103 e. The minimum absolute atomic E-state index is 0.373. The molecule has 0 amide bonds. The van der Waals surface area contributed by atoms with E-state index in [1.54, 1.807) is 6.26 Å². The molecule has 13 heavy (non-hydrogen) atoms. The highest BCUT2D eigenvalue weighted by Crippen LogP contribution is 2.33. The lowest BCUT2D eigenvalue weighted by atomic mass is 10.1. The predicted molar refractivity (Wildman–Crippen MR) is 52.3 cm³/mol. The van der Waals surface area contributed by atoms with Crippen molar-refractivity contribution in [2.24, 2.45) is 11.7 Å². The van der Waals surface area contributed by atoms with Crippen LogP contribution in [0.2, 0.25) is 0 Å². The van der Waals surface area contributed by atoms with Crippen molar-refractivity contribution in [1.29, 1.82) is 0 Å². The van der Waals surface area contributed by atoms with Crippen LogP contribution in [0.25, 0.3) is 0 Å². The van der Waals surface area contributed by atoms with Gasteiger partial charge in [-0.2, -0.15) is 0 Å². The van der Waals surface area contributed by atoms with E-state index in [-0.39, 0.29) is 0 Å². The largest absolute Gasteiger partial charge is 0.469 e. The van der Waals surface area contributed by atoms with Crippen LogP contribution < -0.4 is 5.73 Å². The van der Waals surface area contributed by atoms with Crippen LogP contribution >= 0.6 is 0 Å². The van der Waals surface area contributed by atoms with Gasteiger partial charge in [0.05, 0.1) is 6.26 Å². The normalized spacial score (nSPS) is 18.8. The molecule has 1 fully saturated rings. The minimum Gasteiger partial charge on any atom is -0.469 e. The summed E-state index contributed by atoms with van der Waals surface area (Å²) in [6.45, 7) is 0. The zero-order valence-electron chi connectivity index (χ0n) is 7.91. The fraction of sp³-hybridized carbons (Fsp3) is 0.636. The number of hydrogen-bond acceptors (Lipinski definition) is 2. The molecule has 72 valence electrons. The molecule has 0 aliphatic heterocycles. The van der Waals surface area contributed by atoms with E-state index >= 15 is 0 Å². The van der Waals surface area contributed by atoms with Crippen LogP contribution in [0.4, 0.5) is 0 Å². The summed E-state index contributed by atoms with van der Waals surface area (Å²) in [5.74, 6) is 2.00. The molecule has 2 nitrogen and oxygen atoms in total. The maximum atomic E-state index is 5.99. The van der Waals surface area contributed by atoms with Crippen molar-refractivity contribution in [2.75, 3.05) is 0 Å². The summed E-state index contributed by atoms with van der Waals surface area (Å²) in [6, 6.07) is 4.32. The Morgan fingerprint density at radius 2 is 2.38 bits per heavy atom. The smallest absolute Gasteiger partial charge is 0.103 e. The van der Waals surface area contributed by atoms with Crippen molar-refractivity contribution in [3.8, 4) is 0 Å². The number of furan rings is 1. The Kier molecular flexibility index (Phi) is 2.69. The summed E-state index contributed by atoms with van der Waals surface area (Å²) < 4.78 is 5.25. The maximum absolute atomic E-state index is 5.99. The van der Waals surface area contributed by atoms with Crippen molar-refractivity contribution < 1.29 is 4.42 Å². The van der Waals surface area contributed by atoms with Gasteiger partial charge in [-0.25, -0.2) is 0 Å². The Hall–Kier alpha value is -0.760. The topological polar surface area (TPSA) is 39.2 Å². The van der Waals surface area contributed by atoms with Gasteiger partial charge in [-0.3, -0.25) is 0 Å². The Bertz CT molecular complexity index is 239. The molecule has 1 saturated carbocycles. The SMILES string of the molecule is NC(CCc1ccco1)CC1CC1. The van der Waals surface area contributed by atoms with E-state index in [4.69, 9.17) is 10.2 Å². The number of nitrogens with two attached hydrogens (primary N) is 1. The Balaban J connectivity index is 1.66. The molecule has 0 spiro atoms. The van der Waals surface area contributed by atoms with Crippen molar-refractivity contribution in [3.63, 3.8) is 0 Å². The van der Waals surface area contributed by atoms with E-state index in [1.807, 2.05) is 12.1 Å². The van der Waals surface area contributed by atoms with Gasteiger partial charge in [-0.1, -0.05) is 12.8 Å². The lowest BCUT2D eigenvalue weighted by Gasteiger charge is -2.08. The summed E-state index contributed by atoms with van der Waals surface area (Å²) in [5.41, 5.74) is 5.99. The van der Waals surface area contributed by atoms with Gasteiger partial charge in [0.15, 0.2) is 0 Å². The van der Waals surface area contributed by atoms with Gasteiger partial charge in [-0.05, 0) is 30.9 Å². The zero-order chi connectivity index (χ0) is 9.10. The van der Waals surface area contributed by atoms with E-state index in [0.29, 0.717) is 6.04 Å². The van der Waals surface area contributed by atoms with Crippen LogP contribution in [0.15, 0.2) is 22.8 Å². The first kappa shape index (κ1) is 8.82. The van der Waals surface area contributed by atoms with Crippen LogP contribution in [0, 0.1) is 5.92 Å². The summed E-state index contributed by atoms with van der Waals surface area (Å²) >= 11 is 0. The number of hydrogen-bond donors (Lipinski definition) is 1. The zero-order valence-corrected chi connectivity index (χ0v) is 7.91. The van der Waals surface area contributed by atoms with Crippen LogP contribution in [0.3, 0.4) is 0 Å². The van der Waals surface area contributed by atoms with Gasteiger partial charge in [0, 0.05) is 12.5 Å². The molecular weight excluding hydrogens is 162 g/mol. The molecule has 2 heteroatoms. The van der Waals surface area contributed by atoms with Gasteiger partial charge < -0.3 is 10.2 Å². The molecule has 1 atom stereocenters. The molecule has 2 N–H and O–H groups in total. The van der Waals surface area contributed by atoms with Crippen molar-refractivity contribution in [2.45, 2.75) is 38.1 Å². The second-order valence-corrected chi connectivity index (χ2v) is 4.06. The monoisotopic (exact) mass is 179 g/mol. The van der Waals surface area contributed by atoms with Gasteiger partial charge in [0.2, 0.25) is 0 Å². The van der Waals surface area contributed by atoms with Crippen molar-refractivity contribution in [3.05, 3.63) is 24.2 Å². The molecule has 2 rings (SSSR count). The molecule has 1 heterocycles. The van der Waals surface area contributed by atoms with E-state index in [2.05, 4.69) is 0 Å². The highest BCUT2D eigenvalue weighted by Gasteiger charge is 2.23. The minimum atomic E-state index is 0.373. The third-order valence-electron chi connectivity index (χ3n) is 2.67. The first-order chi connectivity index (χ1) is 6.34. The third kappa shape index (κ3) is 2.88. The molecule has 0 bridgehead atoms. The summed E-state index contributed by atoms with van der Waals surface area (Å²) in [7, 11) is 0. The fourth-order valence-electron chi connectivity index (χ4n) is 1.68. The van der Waals surface area contributed by atoms with Crippen molar-refractivity contribution >= 4 is 0 Å². The lowest BCUT2D eigenvalue weighted by molar-refractivity contribution is 0.468. The quantitative estimate of drug-likeness (QED) is 0.753. The molecule has 1 aromatic heterocycles. The van der Waals surface area contributed by atoms with Gasteiger partial charge in [0.1, 0.15) is 5.76 Å². The summed E-state index contributed by atoms with van der Waals surface area (Å²) in [6.07, 6.45) is 7.77. The van der Waals surface area contributed by atoms with Gasteiger partial charge >= 0.3 is 0 Å². The molecule has 1 aromatic rings. The highest BCUT2D eigenvalue weighted by atomic mass is 16.3. The average molecular weight is 179 g/mol. The molecular formula is C11H17NO. The molecule has 0 aromatic carbocycles. The standard InChI is InChI=1S/C11H17NO/c12-10(8-9-3-4-9)5-6-11-2-1-7-13-11/h1-2,7,9-10H,3-6,8,12H2. The highest BCUT2D eigenvalue weighted by molar-refractivity contribution is 4.98. The van der Waals surface area contributed by atoms with Crippen LogP contribution in [-0.2, 0) is 6.42 Å². The van der Waals surface area contributed by atoms with Crippen LogP contribution in [0.1, 0.15) is 31.4 Å². The summed E-state index contributed by atoms with van der Waals surface area (Å²) in [4.78, 5) is 0. The van der Waals surface area contributed by atoms with Gasteiger partial charge in [-0.15, -0.1) is 0 Å². The fourth-order valence-corrected chi connectivity index (χ4v) is 1.68. The van der Waals surface area contributed by atoms with Crippen LogP contribution in [0.5, 0.6) is 0 Å².